The van der Waals surface area contributed by atoms with Crippen LogP contribution in [0.3, 0.4) is 0 Å². The first-order valence-electron chi connectivity index (χ1n) is 11.6. The van der Waals surface area contributed by atoms with Gasteiger partial charge in [-0.2, -0.15) is 0 Å². The van der Waals surface area contributed by atoms with E-state index in [9.17, 15) is 0 Å². The van der Waals surface area contributed by atoms with Gasteiger partial charge in [-0.1, -0.05) is 41.5 Å². The lowest BCUT2D eigenvalue weighted by atomic mass is 9.70. The molecule has 0 unspecified atom stereocenters. The van der Waals surface area contributed by atoms with Crippen molar-refractivity contribution in [2.24, 2.45) is 45.3 Å². The van der Waals surface area contributed by atoms with Gasteiger partial charge < -0.3 is 14.2 Å². The second-order valence-corrected chi connectivity index (χ2v) is 12.5. The van der Waals surface area contributed by atoms with E-state index in [0.29, 0.717) is 45.7 Å². The summed E-state index contributed by atoms with van der Waals surface area (Å²) in [6, 6.07) is 0. The number of hydrogen-bond donors (Lipinski definition) is 0. The molecule has 27 heavy (non-hydrogen) atoms. The summed E-state index contributed by atoms with van der Waals surface area (Å²) in [5.41, 5.74) is 1.47. The summed E-state index contributed by atoms with van der Waals surface area (Å²) in [5.74, 6) is 3.00. The Morgan fingerprint density at radius 3 is 1.44 bits per heavy atom. The summed E-state index contributed by atoms with van der Waals surface area (Å²) < 4.78 is 19.6. The van der Waals surface area contributed by atoms with Crippen molar-refractivity contribution in [3.05, 3.63) is 0 Å². The topological polar surface area (TPSA) is 27.7 Å². The molecule has 0 aromatic rings. The molecule has 3 nitrogen and oxygen atoms in total. The molecule has 6 fully saturated rings. The van der Waals surface area contributed by atoms with Crippen molar-refractivity contribution in [2.45, 2.75) is 105 Å². The number of rotatable bonds is 2. The van der Waals surface area contributed by atoms with E-state index in [1.54, 1.807) is 0 Å². The zero-order chi connectivity index (χ0) is 19.0. The van der Waals surface area contributed by atoms with Crippen LogP contribution in [0.25, 0.3) is 0 Å². The lowest BCUT2D eigenvalue weighted by Crippen LogP contribution is -2.39. The minimum atomic E-state index is -0.0432. The molecule has 0 amide bonds. The highest BCUT2D eigenvalue weighted by molar-refractivity contribution is 5.18. The van der Waals surface area contributed by atoms with Gasteiger partial charge in [-0.15, -0.1) is 0 Å². The summed E-state index contributed by atoms with van der Waals surface area (Å²) in [7, 11) is 0. The molecule has 152 valence electrons. The van der Waals surface area contributed by atoms with E-state index in [-0.39, 0.29) is 12.6 Å². The van der Waals surface area contributed by atoms with Crippen LogP contribution in [0.2, 0.25) is 0 Å². The number of hydrogen-bond acceptors (Lipinski definition) is 3. The van der Waals surface area contributed by atoms with E-state index in [0.717, 1.165) is 24.7 Å². The fourth-order valence-electron chi connectivity index (χ4n) is 9.31. The van der Waals surface area contributed by atoms with Crippen molar-refractivity contribution in [1.29, 1.82) is 0 Å². The van der Waals surface area contributed by atoms with Gasteiger partial charge in [-0.25, -0.2) is 0 Å². The van der Waals surface area contributed by atoms with Crippen molar-refractivity contribution in [1.82, 2.24) is 0 Å². The van der Waals surface area contributed by atoms with Gasteiger partial charge in [0.2, 0.25) is 0 Å². The van der Waals surface area contributed by atoms with Crippen LogP contribution >= 0.6 is 0 Å². The molecule has 2 aliphatic heterocycles. The lowest BCUT2D eigenvalue weighted by molar-refractivity contribution is -0.252. The first-order valence-corrected chi connectivity index (χ1v) is 11.6. The smallest absolute Gasteiger partial charge is 0.161 e. The monoisotopic (exact) mass is 374 g/mol. The Kier molecular flexibility index (Phi) is 3.25. The molecule has 6 rings (SSSR count). The van der Waals surface area contributed by atoms with E-state index in [1.807, 2.05) is 0 Å². The highest BCUT2D eigenvalue weighted by Crippen LogP contribution is 2.72. The SMILES string of the molecule is CC1(C)[C@@H]2CC[C@@]1(C)[C@H]1O[C@@H](O[C@H]3C[C@H]4[C@@H](O3)[C@@]3(C)CC[C@@H]4C3(C)C)C[C@@H]21. The Bertz CT molecular complexity index is 615. The fraction of sp³-hybridized carbons (Fsp3) is 1.00. The largest absolute Gasteiger partial charge is 0.348 e. The van der Waals surface area contributed by atoms with Gasteiger partial charge in [0.05, 0.1) is 12.2 Å². The lowest BCUT2D eigenvalue weighted by Gasteiger charge is -2.39. The normalized spacial score (nSPS) is 61.6. The first kappa shape index (κ1) is 17.7. The fourth-order valence-corrected chi connectivity index (χ4v) is 9.31. The maximum atomic E-state index is 6.58. The summed E-state index contributed by atoms with van der Waals surface area (Å²) in [6.07, 6.45) is 8.24. The molecule has 6 aliphatic rings. The zero-order valence-electron chi connectivity index (χ0n) is 18.1. The molecule has 4 bridgehead atoms. The van der Waals surface area contributed by atoms with Gasteiger partial charge in [0.1, 0.15) is 0 Å². The first-order chi connectivity index (χ1) is 12.6. The third kappa shape index (κ3) is 1.83. The number of fused-ring (bicyclic) bond motifs is 10. The van der Waals surface area contributed by atoms with Crippen LogP contribution in [-0.2, 0) is 14.2 Å². The van der Waals surface area contributed by atoms with Gasteiger partial charge in [0, 0.05) is 12.8 Å². The van der Waals surface area contributed by atoms with Gasteiger partial charge in [0.25, 0.3) is 0 Å². The average molecular weight is 375 g/mol. The van der Waals surface area contributed by atoms with Crippen LogP contribution in [0.4, 0.5) is 0 Å². The van der Waals surface area contributed by atoms with E-state index in [2.05, 4.69) is 41.5 Å². The molecule has 2 saturated heterocycles. The van der Waals surface area contributed by atoms with Crippen LogP contribution in [0.1, 0.15) is 80.1 Å². The molecule has 10 atom stereocenters. The molecule has 4 saturated carbocycles. The predicted octanol–water partition coefficient (Wildman–Crippen LogP) is 5.38. The average Bonchev–Trinajstić information content (AvgIpc) is 3.33. The van der Waals surface area contributed by atoms with Gasteiger partial charge in [-0.05, 0) is 71.0 Å². The molecule has 0 aromatic heterocycles. The third-order valence-electron chi connectivity index (χ3n) is 11.6. The van der Waals surface area contributed by atoms with Crippen LogP contribution < -0.4 is 0 Å². The Morgan fingerprint density at radius 2 is 1.07 bits per heavy atom. The summed E-state index contributed by atoms with van der Waals surface area (Å²) >= 11 is 0. The zero-order valence-corrected chi connectivity index (χ0v) is 18.1. The summed E-state index contributed by atoms with van der Waals surface area (Å²) in [5, 5.41) is 0. The second kappa shape index (κ2) is 4.95. The summed E-state index contributed by atoms with van der Waals surface area (Å²) in [6.45, 7) is 14.8. The number of ether oxygens (including phenoxy) is 3. The molecule has 0 spiro atoms. The summed E-state index contributed by atoms with van der Waals surface area (Å²) in [4.78, 5) is 0. The predicted molar refractivity (Wildman–Crippen MR) is 104 cm³/mol. The molecule has 0 aromatic carbocycles. The van der Waals surface area contributed by atoms with E-state index < -0.39 is 0 Å². The third-order valence-corrected chi connectivity index (χ3v) is 11.6. The standard InChI is InChI=1S/C24H38O3/c1-21(2)15-7-9-23(21,5)19-13(15)11-17(26-19)25-18-12-14-16-8-10-24(6,20(14)27-18)22(16,3)4/h13-20H,7-12H2,1-6H3/t13-,14+,15+,16-,17-,18-,19-,20+,23-,24+/m1/s1. The van der Waals surface area contributed by atoms with Gasteiger partial charge in [-0.3, -0.25) is 0 Å². The quantitative estimate of drug-likeness (QED) is 0.650. The van der Waals surface area contributed by atoms with Crippen LogP contribution in [0.5, 0.6) is 0 Å². The van der Waals surface area contributed by atoms with E-state index in [4.69, 9.17) is 14.2 Å². The van der Waals surface area contributed by atoms with Crippen molar-refractivity contribution >= 4 is 0 Å². The maximum Gasteiger partial charge on any atom is 0.161 e. The Morgan fingerprint density at radius 1 is 0.667 bits per heavy atom. The minimum Gasteiger partial charge on any atom is -0.348 e. The molecule has 0 N–H and O–H groups in total. The van der Waals surface area contributed by atoms with Crippen molar-refractivity contribution < 1.29 is 14.2 Å². The Hall–Kier alpha value is -0.120. The van der Waals surface area contributed by atoms with Gasteiger partial charge >= 0.3 is 0 Å². The van der Waals surface area contributed by atoms with Gasteiger partial charge in [0.15, 0.2) is 12.6 Å². The Balaban J connectivity index is 1.15. The molecule has 4 aliphatic carbocycles. The van der Waals surface area contributed by atoms with Crippen molar-refractivity contribution in [3.63, 3.8) is 0 Å². The molecule has 2 heterocycles. The maximum absolute atomic E-state index is 6.58. The van der Waals surface area contributed by atoms with Crippen LogP contribution in [-0.4, -0.2) is 24.8 Å². The Labute approximate surface area is 164 Å². The molecular formula is C24H38O3. The highest BCUT2D eigenvalue weighted by Gasteiger charge is 2.71. The van der Waals surface area contributed by atoms with E-state index in [1.165, 1.54) is 25.7 Å². The minimum absolute atomic E-state index is 0.0432. The van der Waals surface area contributed by atoms with Crippen LogP contribution in [0.15, 0.2) is 0 Å². The second-order valence-electron chi connectivity index (χ2n) is 12.5. The van der Waals surface area contributed by atoms with Crippen molar-refractivity contribution in [2.75, 3.05) is 0 Å². The van der Waals surface area contributed by atoms with Crippen LogP contribution in [0, 0.1) is 45.3 Å². The van der Waals surface area contributed by atoms with Crippen molar-refractivity contribution in [3.8, 4) is 0 Å². The molecule has 3 heteroatoms. The molecule has 0 radical (unpaired) electrons. The molecular weight excluding hydrogens is 336 g/mol. The van der Waals surface area contributed by atoms with E-state index >= 15 is 0 Å². The highest BCUT2D eigenvalue weighted by atomic mass is 16.8.